The summed E-state index contributed by atoms with van der Waals surface area (Å²) in [5.41, 5.74) is 1.32. The van der Waals surface area contributed by atoms with E-state index in [0.29, 0.717) is 5.65 Å². The van der Waals surface area contributed by atoms with Gasteiger partial charge in [-0.2, -0.15) is 0 Å². The zero-order chi connectivity index (χ0) is 9.42. The predicted octanol–water partition coefficient (Wildman–Crippen LogP) is 2.58. The van der Waals surface area contributed by atoms with Gasteiger partial charge in [0, 0.05) is 12.4 Å². The zero-order valence-corrected chi connectivity index (χ0v) is 7.04. The molecule has 0 aliphatic rings. The minimum Gasteiger partial charge on any atom is -0.306 e. The fraction of sp³-hybridized carbons (Fsp3) is 0.222. The summed E-state index contributed by atoms with van der Waals surface area (Å²) >= 11 is 0. The molecule has 0 aromatic carbocycles. The SMILES string of the molecule is Cc1cccn2cc(C(F)F)nc12. The molecule has 0 saturated carbocycles. The van der Waals surface area contributed by atoms with Crippen LogP contribution < -0.4 is 0 Å². The Morgan fingerprint density at radius 2 is 2.23 bits per heavy atom. The maximum absolute atomic E-state index is 12.3. The molecule has 68 valence electrons. The maximum Gasteiger partial charge on any atom is 0.281 e. The van der Waals surface area contributed by atoms with E-state index in [-0.39, 0.29) is 5.69 Å². The summed E-state index contributed by atoms with van der Waals surface area (Å²) in [6, 6.07) is 3.65. The molecule has 0 aliphatic heterocycles. The molecule has 0 unspecified atom stereocenters. The van der Waals surface area contributed by atoms with Crippen molar-refractivity contribution >= 4 is 5.65 Å². The fourth-order valence-electron chi connectivity index (χ4n) is 1.28. The van der Waals surface area contributed by atoms with Crippen LogP contribution in [0.2, 0.25) is 0 Å². The highest BCUT2D eigenvalue weighted by Gasteiger charge is 2.11. The molecule has 0 fully saturated rings. The molecule has 2 aromatic heterocycles. The molecular weight excluding hydrogens is 174 g/mol. The third-order valence-corrected chi connectivity index (χ3v) is 1.92. The lowest BCUT2D eigenvalue weighted by Crippen LogP contribution is -1.84. The number of fused-ring (bicyclic) bond motifs is 1. The normalized spacial score (nSPS) is 11.4. The molecule has 0 radical (unpaired) electrons. The van der Waals surface area contributed by atoms with Crippen molar-refractivity contribution in [2.45, 2.75) is 13.3 Å². The van der Waals surface area contributed by atoms with E-state index in [2.05, 4.69) is 4.98 Å². The van der Waals surface area contributed by atoms with Crippen LogP contribution in [0.5, 0.6) is 0 Å². The number of aryl methyl sites for hydroxylation is 1. The average molecular weight is 182 g/mol. The molecule has 2 nitrogen and oxygen atoms in total. The van der Waals surface area contributed by atoms with Gasteiger partial charge in [0.15, 0.2) is 0 Å². The number of pyridine rings is 1. The lowest BCUT2D eigenvalue weighted by atomic mass is 10.3. The Bertz CT molecular complexity index is 434. The van der Waals surface area contributed by atoms with Gasteiger partial charge in [0.2, 0.25) is 0 Å². The molecule has 2 heterocycles. The molecule has 4 heteroatoms. The van der Waals surface area contributed by atoms with Gasteiger partial charge in [0.05, 0.1) is 0 Å². The van der Waals surface area contributed by atoms with Crippen molar-refractivity contribution < 1.29 is 8.78 Å². The van der Waals surface area contributed by atoms with Crippen molar-refractivity contribution in [3.63, 3.8) is 0 Å². The predicted molar refractivity (Wildman–Crippen MR) is 44.9 cm³/mol. The van der Waals surface area contributed by atoms with Crippen molar-refractivity contribution in [2.75, 3.05) is 0 Å². The van der Waals surface area contributed by atoms with Gasteiger partial charge < -0.3 is 4.40 Å². The van der Waals surface area contributed by atoms with E-state index < -0.39 is 6.43 Å². The van der Waals surface area contributed by atoms with E-state index in [1.165, 1.54) is 6.20 Å². The molecule has 0 amide bonds. The third kappa shape index (κ3) is 1.28. The standard InChI is InChI=1S/C9H8F2N2/c1-6-3-2-4-13-5-7(8(10)11)12-9(6)13/h2-5,8H,1H3. The van der Waals surface area contributed by atoms with Gasteiger partial charge in [-0.05, 0) is 18.6 Å². The number of halogens is 2. The average Bonchev–Trinajstić information content (AvgIpc) is 2.49. The molecule has 2 rings (SSSR count). The van der Waals surface area contributed by atoms with Crippen molar-refractivity contribution in [3.8, 4) is 0 Å². The Balaban J connectivity index is 2.68. The smallest absolute Gasteiger partial charge is 0.281 e. The second-order valence-corrected chi connectivity index (χ2v) is 2.89. The monoisotopic (exact) mass is 182 g/mol. The summed E-state index contributed by atoms with van der Waals surface area (Å²) in [7, 11) is 0. The summed E-state index contributed by atoms with van der Waals surface area (Å²) < 4.78 is 26.1. The first-order valence-corrected chi connectivity index (χ1v) is 3.91. The number of rotatable bonds is 1. The summed E-state index contributed by atoms with van der Waals surface area (Å²) in [6.45, 7) is 1.84. The van der Waals surface area contributed by atoms with E-state index in [1.54, 1.807) is 16.7 Å². The first-order chi connectivity index (χ1) is 6.18. The Kier molecular flexibility index (Phi) is 1.76. The Morgan fingerprint density at radius 1 is 1.46 bits per heavy atom. The van der Waals surface area contributed by atoms with Crippen LogP contribution in [0.25, 0.3) is 5.65 Å². The maximum atomic E-state index is 12.3. The summed E-state index contributed by atoms with van der Waals surface area (Å²) in [4.78, 5) is 3.82. The lowest BCUT2D eigenvalue weighted by Gasteiger charge is -1.93. The largest absolute Gasteiger partial charge is 0.306 e. The summed E-state index contributed by atoms with van der Waals surface area (Å²) in [6.07, 6.45) is 0.563. The van der Waals surface area contributed by atoms with Gasteiger partial charge >= 0.3 is 0 Å². The molecule has 0 N–H and O–H groups in total. The van der Waals surface area contributed by atoms with E-state index in [0.717, 1.165) is 5.56 Å². The molecule has 0 aliphatic carbocycles. The van der Waals surface area contributed by atoms with E-state index in [1.807, 2.05) is 13.0 Å². The highest BCUT2D eigenvalue weighted by Crippen LogP contribution is 2.19. The molecule has 0 saturated heterocycles. The van der Waals surface area contributed by atoms with Gasteiger partial charge in [0.25, 0.3) is 6.43 Å². The zero-order valence-electron chi connectivity index (χ0n) is 7.04. The molecule has 0 spiro atoms. The van der Waals surface area contributed by atoms with Crippen LogP contribution in [0.1, 0.15) is 17.7 Å². The number of alkyl halides is 2. The highest BCUT2D eigenvalue weighted by molar-refractivity contribution is 5.47. The number of hydrogen-bond acceptors (Lipinski definition) is 1. The van der Waals surface area contributed by atoms with Crippen molar-refractivity contribution in [3.05, 3.63) is 35.8 Å². The second-order valence-electron chi connectivity index (χ2n) is 2.89. The van der Waals surface area contributed by atoms with Crippen molar-refractivity contribution in [1.82, 2.24) is 9.38 Å². The Hall–Kier alpha value is -1.45. The topological polar surface area (TPSA) is 17.3 Å². The number of hydrogen-bond donors (Lipinski definition) is 0. The van der Waals surface area contributed by atoms with Crippen LogP contribution >= 0.6 is 0 Å². The molecule has 2 aromatic rings. The van der Waals surface area contributed by atoms with Crippen LogP contribution in [0.3, 0.4) is 0 Å². The first-order valence-electron chi connectivity index (χ1n) is 3.91. The minimum absolute atomic E-state index is 0.172. The van der Waals surface area contributed by atoms with Crippen LogP contribution in [0, 0.1) is 6.92 Å². The van der Waals surface area contributed by atoms with Crippen molar-refractivity contribution in [2.24, 2.45) is 0 Å². The van der Waals surface area contributed by atoms with Gasteiger partial charge in [-0.3, -0.25) is 0 Å². The summed E-state index contributed by atoms with van der Waals surface area (Å²) in [5.74, 6) is 0. The quantitative estimate of drug-likeness (QED) is 0.662. The van der Waals surface area contributed by atoms with Gasteiger partial charge in [-0.15, -0.1) is 0 Å². The van der Waals surface area contributed by atoms with Gasteiger partial charge in [-0.1, -0.05) is 6.07 Å². The molecular formula is C9H8F2N2. The van der Waals surface area contributed by atoms with Crippen LogP contribution in [-0.2, 0) is 0 Å². The third-order valence-electron chi connectivity index (χ3n) is 1.92. The molecule has 13 heavy (non-hydrogen) atoms. The van der Waals surface area contributed by atoms with Crippen LogP contribution in [0.4, 0.5) is 8.78 Å². The Morgan fingerprint density at radius 3 is 2.85 bits per heavy atom. The first kappa shape index (κ1) is 8.16. The van der Waals surface area contributed by atoms with E-state index in [4.69, 9.17) is 0 Å². The number of aromatic nitrogens is 2. The number of nitrogens with zero attached hydrogens (tertiary/aromatic N) is 2. The molecule has 0 bridgehead atoms. The molecule has 0 atom stereocenters. The van der Waals surface area contributed by atoms with Crippen LogP contribution in [0.15, 0.2) is 24.5 Å². The Labute approximate surface area is 73.8 Å². The van der Waals surface area contributed by atoms with E-state index >= 15 is 0 Å². The van der Waals surface area contributed by atoms with Gasteiger partial charge in [-0.25, -0.2) is 13.8 Å². The number of imidazole rings is 1. The summed E-state index contributed by atoms with van der Waals surface area (Å²) in [5, 5.41) is 0. The van der Waals surface area contributed by atoms with Crippen LogP contribution in [-0.4, -0.2) is 9.38 Å². The highest BCUT2D eigenvalue weighted by atomic mass is 19.3. The van der Waals surface area contributed by atoms with Crippen molar-refractivity contribution in [1.29, 1.82) is 0 Å². The lowest BCUT2D eigenvalue weighted by molar-refractivity contribution is 0.147. The van der Waals surface area contributed by atoms with Gasteiger partial charge in [0.1, 0.15) is 11.3 Å². The minimum atomic E-state index is -2.50. The fourth-order valence-corrected chi connectivity index (χ4v) is 1.28. The second kappa shape index (κ2) is 2.80. The van der Waals surface area contributed by atoms with E-state index in [9.17, 15) is 8.78 Å².